The molecule has 2 bridgehead atoms. The number of aliphatic hydroxyl groups excluding tert-OH is 1. The molecular weight excluding hydrogens is 366 g/mol. The summed E-state index contributed by atoms with van der Waals surface area (Å²) in [4.78, 5) is 26.5. The van der Waals surface area contributed by atoms with Gasteiger partial charge in [-0.1, -0.05) is 12.1 Å². The maximum absolute atomic E-state index is 12.4. The Morgan fingerprint density at radius 1 is 1.07 bits per heavy atom. The summed E-state index contributed by atoms with van der Waals surface area (Å²) in [5.74, 6) is 0.336. The molecule has 1 aliphatic carbocycles. The van der Waals surface area contributed by atoms with Crippen LogP contribution in [0, 0.1) is 5.92 Å². The minimum Gasteiger partial charge on any atom is -0.393 e. The van der Waals surface area contributed by atoms with Gasteiger partial charge in [0.25, 0.3) is 0 Å². The van der Waals surface area contributed by atoms with E-state index < -0.39 is 0 Å². The number of benzene rings is 1. The molecule has 6 nitrogen and oxygen atoms in total. The Morgan fingerprint density at radius 3 is 2.41 bits per heavy atom. The zero-order valence-electron chi connectivity index (χ0n) is 17.1. The van der Waals surface area contributed by atoms with Crippen LogP contribution in [0.2, 0.25) is 0 Å². The molecule has 6 heteroatoms. The van der Waals surface area contributed by atoms with Crippen LogP contribution >= 0.6 is 0 Å². The van der Waals surface area contributed by atoms with E-state index in [0.717, 1.165) is 45.1 Å². The highest BCUT2D eigenvalue weighted by molar-refractivity contribution is 5.92. The van der Waals surface area contributed by atoms with Gasteiger partial charge >= 0.3 is 0 Å². The lowest BCUT2D eigenvalue weighted by Crippen LogP contribution is -2.46. The molecule has 4 N–H and O–H groups in total. The van der Waals surface area contributed by atoms with E-state index in [9.17, 15) is 14.7 Å². The van der Waals surface area contributed by atoms with Gasteiger partial charge in [-0.25, -0.2) is 0 Å². The van der Waals surface area contributed by atoms with Crippen molar-refractivity contribution in [3.05, 3.63) is 35.4 Å². The van der Waals surface area contributed by atoms with Gasteiger partial charge in [0.15, 0.2) is 0 Å². The molecule has 158 valence electrons. The van der Waals surface area contributed by atoms with Gasteiger partial charge in [-0.2, -0.15) is 0 Å². The van der Waals surface area contributed by atoms with Gasteiger partial charge in [0, 0.05) is 36.7 Å². The minimum atomic E-state index is -0.365. The molecule has 2 unspecified atom stereocenters. The molecule has 2 saturated heterocycles. The third-order valence-electron chi connectivity index (χ3n) is 7.26. The van der Waals surface area contributed by atoms with E-state index in [2.05, 4.69) is 16.3 Å². The van der Waals surface area contributed by atoms with Crippen LogP contribution in [0.3, 0.4) is 0 Å². The lowest BCUT2D eigenvalue weighted by molar-refractivity contribution is -0.126. The molecule has 2 heterocycles. The maximum atomic E-state index is 12.4. The van der Waals surface area contributed by atoms with E-state index in [0.29, 0.717) is 30.1 Å². The number of aliphatic hydroxyl groups is 1. The molecule has 0 radical (unpaired) electrons. The second-order valence-electron chi connectivity index (χ2n) is 9.08. The highest BCUT2D eigenvalue weighted by atomic mass is 16.3. The maximum Gasteiger partial charge on any atom is 0.248 e. The number of primary amides is 1. The van der Waals surface area contributed by atoms with Gasteiger partial charge in [0.05, 0.1) is 6.10 Å². The van der Waals surface area contributed by atoms with Gasteiger partial charge in [-0.3, -0.25) is 14.5 Å². The lowest BCUT2D eigenvalue weighted by Gasteiger charge is -2.39. The zero-order valence-corrected chi connectivity index (χ0v) is 17.1. The van der Waals surface area contributed by atoms with Gasteiger partial charge in [0.2, 0.25) is 11.8 Å². The van der Waals surface area contributed by atoms with Gasteiger partial charge in [-0.15, -0.1) is 0 Å². The van der Waals surface area contributed by atoms with Crippen LogP contribution in [-0.4, -0.2) is 53.1 Å². The molecule has 1 aromatic rings. The van der Waals surface area contributed by atoms with E-state index in [1.54, 1.807) is 6.07 Å². The minimum absolute atomic E-state index is 0.0680. The quantitative estimate of drug-likeness (QED) is 0.683. The van der Waals surface area contributed by atoms with E-state index in [-0.39, 0.29) is 23.8 Å². The number of carbonyl (C=O) groups is 2. The molecule has 2 amide bonds. The molecule has 2 aliphatic heterocycles. The molecule has 3 aliphatic rings. The van der Waals surface area contributed by atoms with Crippen molar-refractivity contribution < 1.29 is 14.7 Å². The van der Waals surface area contributed by atoms with Gasteiger partial charge in [0.1, 0.15) is 0 Å². The molecule has 0 spiro atoms. The van der Waals surface area contributed by atoms with Crippen molar-refractivity contribution in [1.29, 1.82) is 0 Å². The summed E-state index contributed by atoms with van der Waals surface area (Å²) in [6, 6.07) is 8.90. The Labute approximate surface area is 172 Å². The van der Waals surface area contributed by atoms with E-state index in [4.69, 9.17) is 5.73 Å². The van der Waals surface area contributed by atoms with Crippen LogP contribution < -0.4 is 11.1 Å². The number of hydrogen-bond acceptors (Lipinski definition) is 4. The van der Waals surface area contributed by atoms with Crippen LogP contribution in [-0.2, 0) is 4.79 Å². The topological polar surface area (TPSA) is 95.7 Å². The fourth-order valence-electron chi connectivity index (χ4n) is 5.65. The van der Waals surface area contributed by atoms with Crippen molar-refractivity contribution in [2.24, 2.45) is 11.7 Å². The first-order chi connectivity index (χ1) is 14.0. The lowest BCUT2D eigenvalue weighted by atomic mass is 9.84. The van der Waals surface area contributed by atoms with Gasteiger partial charge < -0.3 is 16.2 Å². The number of nitrogens with one attached hydrogen (secondary N) is 1. The van der Waals surface area contributed by atoms with E-state index in [1.165, 1.54) is 18.4 Å². The number of piperidine rings is 1. The zero-order chi connectivity index (χ0) is 20.4. The van der Waals surface area contributed by atoms with Crippen molar-refractivity contribution >= 4 is 11.8 Å². The molecule has 1 aromatic carbocycles. The molecular formula is C23H33N3O3. The van der Waals surface area contributed by atoms with Crippen molar-refractivity contribution in [2.45, 2.75) is 75.5 Å². The smallest absolute Gasteiger partial charge is 0.248 e. The highest BCUT2D eigenvalue weighted by Gasteiger charge is 2.40. The molecule has 1 saturated carbocycles. The average Bonchev–Trinajstić information content (AvgIpc) is 2.95. The first-order valence-corrected chi connectivity index (χ1v) is 11.1. The first kappa shape index (κ1) is 20.4. The van der Waals surface area contributed by atoms with Crippen LogP contribution in [0.4, 0.5) is 0 Å². The summed E-state index contributed by atoms with van der Waals surface area (Å²) >= 11 is 0. The first-order valence-electron chi connectivity index (χ1n) is 11.1. The molecule has 29 heavy (non-hydrogen) atoms. The summed E-state index contributed by atoms with van der Waals surface area (Å²) < 4.78 is 0. The number of hydrogen-bond donors (Lipinski definition) is 3. The second kappa shape index (κ2) is 8.84. The molecule has 2 atom stereocenters. The summed E-state index contributed by atoms with van der Waals surface area (Å²) in [6.45, 7) is 1.61. The third kappa shape index (κ3) is 4.64. The molecule has 4 rings (SSSR count). The number of amides is 2. The molecule has 0 aromatic heterocycles. The van der Waals surface area contributed by atoms with E-state index >= 15 is 0 Å². The Kier molecular flexibility index (Phi) is 6.20. The Hall–Kier alpha value is -1.92. The summed E-state index contributed by atoms with van der Waals surface area (Å²) in [5, 5.41) is 12.7. The second-order valence-corrected chi connectivity index (χ2v) is 9.08. The standard InChI is InChI=1S/C23H33N3O3/c24-22(28)17-3-1-2-16(12-17)18-13-19-6-7-20(14-18)26(19)11-10-25-23(29)15-4-8-21(27)9-5-15/h1-3,12,15,18-21,27H,4-11,13-14H2,(H2,24,28)(H,25,29). The predicted molar refractivity (Wildman–Crippen MR) is 111 cm³/mol. The fraction of sp³-hybridized carbons (Fsp3) is 0.652. The molecule has 3 fully saturated rings. The normalized spacial score (nSPS) is 32.1. The monoisotopic (exact) mass is 399 g/mol. The van der Waals surface area contributed by atoms with Crippen molar-refractivity contribution in [3.8, 4) is 0 Å². The number of rotatable bonds is 6. The Morgan fingerprint density at radius 2 is 1.76 bits per heavy atom. The van der Waals surface area contributed by atoms with Gasteiger partial charge in [-0.05, 0) is 75.0 Å². The number of nitrogens with two attached hydrogens (primary N) is 1. The van der Waals surface area contributed by atoms with Crippen molar-refractivity contribution in [1.82, 2.24) is 10.2 Å². The average molecular weight is 400 g/mol. The van der Waals surface area contributed by atoms with Crippen LogP contribution in [0.25, 0.3) is 0 Å². The summed E-state index contributed by atoms with van der Waals surface area (Å²) in [5.41, 5.74) is 7.27. The van der Waals surface area contributed by atoms with Crippen molar-refractivity contribution in [3.63, 3.8) is 0 Å². The van der Waals surface area contributed by atoms with E-state index in [1.807, 2.05) is 12.1 Å². The SMILES string of the molecule is NC(=O)c1cccc(C2CC3CCC(C2)N3CCNC(=O)C2CCC(O)CC2)c1. The Bertz CT molecular complexity index is 731. The van der Waals surface area contributed by atoms with Crippen LogP contribution in [0.5, 0.6) is 0 Å². The van der Waals surface area contributed by atoms with Crippen LogP contribution in [0.1, 0.15) is 73.2 Å². The highest BCUT2D eigenvalue weighted by Crippen LogP contribution is 2.42. The Balaban J connectivity index is 1.28. The summed E-state index contributed by atoms with van der Waals surface area (Å²) in [7, 11) is 0. The number of nitrogens with zero attached hydrogens (tertiary/aromatic N) is 1. The summed E-state index contributed by atoms with van der Waals surface area (Å²) in [6.07, 6.45) is 7.50. The fourth-order valence-corrected chi connectivity index (χ4v) is 5.65. The predicted octanol–water partition coefficient (Wildman–Crippen LogP) is 2.16. The third-order valence-corrected chi connectivity index (χ3v) is 7.26. The number of carbonyl (C=O) groups excluding carboxylic acids is 2. The van der Waals surface area contributed by atoms with Crippen LogP contribution in [0.15, 0.2) is 24.3 Å². The largest absolute Gasteiger partial charge is 0.393 e. The van der Waals surface area contributed by atoms with Crippen molar-refractivity contribution in [2.75, 3.05) is 13.1 Å². The number of fused-ring (bicyclic) bond motifs is 2.